The molecule has 0 bridgehead atoms. The number of carbonyl (C=O) groups excluding carboxylic acids is 1. The SMILES string of the molecule is COc1cccc2oc(-c3nc4ccccc4c(=O)n3N=Cc3cc(Br)ccc3OCC(=O)Nc3ccccc3)cc12. The topological polar surface area (TPSA) is 108 Å². The predicted octanol–water partition coefficient (Wildman–Crippen LogP) is 6.48. The van der Waals surface area contributed by atoms with Gasteiger partial charge in [0.2, 0.25) is 5.82 Å². The predicted molar refractivity (Wildman–Crippen MR) is 165 cm³/mol. The van der Waals surface area contributed by atoms with Crippen molar-refractivity contribution in [2.45, 2.75) is 0 Å². The first kappa shape index (κ1) is 27.0. The van der Waals surface area contributed by atoms with Crippen molar-refractivity contribution in [2.24, 2.45) is 5.10 Å². The summed E-state index contributed by atoms with van der Waals surface area (Å²) in [5.41, 5.74) is 1.92. The molecule has 208 valence electrons. The van der Waals surface area contributed by atoms with Crippen LogP contribution in [-0.2, 0) is 4.79 Å². The Morgan fingerprint density at radius 2 is 1.79 bits per heavy atom. The van der Waals surface area contributed by atoms with Gasteiger partial charge in [0.1, 0.15) is 17.1 Å². The van der Waals surface area contributed by atoms with E-state index in [1.807, 2.05) is 42.5 Å². The number of hydrogen-bond acceptors (Lipinski definition) is 7. The summed E-state index contributed by atoms with van der Waals surface area (Å²) < 4.78 is 19.4. The summed E-state index contributed by atoms with van der Waals surface area (Å²) in [5, 5.41) is 8.46. The maximum Gasteiger partial charge on any atom is 0.282 e. The molecule has 10 heteroatoms. The smallest absolute Gasteiger partial charge is 0.282 e. The summed E-state index contributed by atoms with van der Waals surface area (Å²) in [5.74, 6) is 1.28. The summed E-state index contributed by atoms with van der Waals surface area (Å²) in [7, 11) is 1.58. The van der Waals surface area contributed by atoms with Gasteiger partial charge in [0.05, 0.1) is 29.6 Å². The van der Waals surface area contributed by atoms with Crippen LogP contribution in [0.15, 0.2) is 116 Å². The molecule has 0 aliphatic heterocycles. The molecular formula is C32H23BrN4O5. The number of halogens is 1. The molecule has 6 rings (SSSR count). The van der Waals surface area contributed by atoms with E-state index >= 15 is 0 Å². The molecule has 0 saturated heterocycles. The quantitative estimate of drug-likeness (QED) is 0.195. The lowest BCUT2D eigenvalue weighted by Crippen LogP contribution is -2.21. The molecule has 0 saturated carbocycles. The third-order valence-electron chi connectivity index (χ3n) is 6.42. The number of amides is 1. The van der Waals surface area contributed by atoms with Crippen LogP contribution in [0.4, 0.5) is 5.69 Å². The molecule has 1 amide bonds. The van der Waals surface area contributed by atoms with Crippen LogP contribution in [0.3, 0.4) is 0 Å². The molecule has 0 aliphatic rings. The lowest BCUT2D eigenvalue weighted by molar-refractivity contribution is -0.118. The van der Waals surface area contributed by atoms with Gasteiger partial charge in [-0.15, -0.1) is 0 Å². The van der Waals surface area contributed by atoms with Crippen LogP contribution in [0.25, 0.3) is 33.5 Å². The summed E-state index contributed by atoms with van der Waals surface area (Å²) in [4.78, 5) is 30.9. The highest BCUT2D eigenvalue weighted by Gasteiger charge is 2.18. The summed E-state index contributed by atoms with van der Waals surface area (Å²) in [6.07, 6.45) is 1.49. The highest BCUT2D eigenvalue weighted by Crippen LogP contribution is 2.33. The minimum atomic E-state index is -0.376. The van der Waals surface area contributed by atoms with E-state index in [1.54, 1.807) is 61.7 Å². The number of anilines is 1. The number of fused-ring (bicyclic) bond motifs is 2. The van der Waals surface area contributed by atoms with E-state index in [4.69, 9.17) is 18.9 Å². The molecule has 0 aliphatic carbocycles. The minimum absolute atomic E-state index is 0.216. The van der Waals surface area contributed by atoms with Crippen LogP contribution in [0.5, 0.6) is 11.5 Å². The molecule has 6 aromatic rings. The standard InChI is InChI=1S/C32H23BrN4O5/c1-40-27-12-7-13-28-24(27)17-29(42-28)31-36-25-11-6-5-10-23(25)32(39)37(31)34-18-20-16-21(33)14-15-26(20)41-19-30(38)35-22-8-3-2-4-9-22/h2-18H,19H2,1H3,(H,35,38). The van der Waals surface area contributed by atoms with Gasteiger partial charge in [-0.3, -0.25) is 9.59 Å². The molecule has 4 aromatic carbocycles. The Kier molecular flexibility index (Phi) is 7.52. The molecule has 0 atom stereocenters. The number of benzene rings is 4. The molecule has 0 radical (unpaired) electrons. The lowest BCUT2D eigenvalue weighted by Gasteiger charge is -2.11. The van der Waals surface area contributed by atoms with Gasteiger partial charge in [-0.2, -0.15) is 9.78 Å². The normalized spacial score (nSPS) is 11.3. The minimum Gasteiger partial charge on any atom is -0.496 e. The van der Waals surface area contributed by atoms with E-state index in [9.17, 15) is 9.59 Å². The molecule has 2 heterocycles. The molecule has 42 heavy (non-hydrogen) atoms. The first-order chi connectivity index (χ1) is 20.5. The zero-order valence-electron chi connectivity index (χ0n) is 22.3. The number of methoxy groups -OCH3 is 1. The Labute approximate surface area is 248 Å². The van der Waals surface area contributed by atoms with E-state index in [0.717, 1.165) is 9.86 Å². The fourth-order valence-electron chi connectivity index (χ4n) is 4.45. The number of furan rings is 1. The van der Waals surface area contributed by atoms with Crippen molar-refractivity contribution in [3.05, 3.63) is 117 Å². The first-order valence-electron chi connectivity index (χ1n) is 12.9. The first-order valence-corrected chi connectivity index (χ1v) is 13.7. The van der Waals surface area contributed by atoms with E-state index in [-0.39, 0.29) is 23.9 Å². The summed E-state index contributed by atoms with van der Waals surface area (Å²) in [6.45, 7) is -0.221. The largest absolute Gasteiger partial charge is 0.496 e. The van der Waals surface area contributed by atoms with Crippen molar-refractivity contribution < 1.29 is 18.7 Å². The Morgan fingerprint density at radius 3 is 2.62 bits per heavy atom. The molecule has 0 spiro atoms. The second-order valence-corrected chi connectivity index (χ2v) is 10.1. The van der Waals surface area contributed by atoms with Crippen molar-refractivity contribution in [3.63, 3.8) is 0 Å². The number of para-hydroxylation sites is 2. The van der Waals surface area contributed by atoms with Crippen molar-refractivity contribution in [2.75, 3.05) is 19.0 Å². The van der Waals surface area contributed by atoms with Gasteiger partial charge in [-0.1, -0.05) is 52.3 Å². The average molecular weight is 623 g/mol. The lowest BCUT2D eigenvalue weighted by atomic mass is 10.2. The van der Waals surface area contributed by atoms with Gasteiger partial charge in [0.15, 0.2) is 12.4 Å². The second kappa shape index (κ2) is 11.7. The monoisotopic (exact) mass is 622 g/mol. The zero-order chi connectivity index (χ0) is 29.1. The summed E-state index contributed by atoms with van der Waals surface area (Å²) in [6, 6.07) is 28.7. The molecule has 1 N–H and O–H groups in total. The van der Waals surface area contributed by atoms with E-state index in [2.05, 4.69) is 26.3 Å². The Balaban J connectivity index is 1.38. The van der Waals surface area contributed by atoms with E-state index in [1.165, 1.54) is 10.9 Å². The number of aromatic nitrogens is 2. The van der Waals surface area contributed by atoms with E-state index in [0.29, 0.717) is 45.0 Å². The van der Waals surface area contributed by atoms with E-state index < -0.39 is 0 Å². The highest BCUT2D eigenvalue weighted by molar-refractivity contribution is 9.10. The third-order valence-corrected chi connectivity index (χ3v) is 6.91. The maximum atomic E-state index is 13.7. The molecule has 2 aromatic heterocycles. The van der Waals surface area contributed by atoms with Crippen LogP contribution in [0, 0.1) is 0 Å². The average Bonchev–Trinajstić information content (AvgIpc) is 3.45. The number of rotatable bonds is 8. The highest BCUT2D eigenvalue weighted by atomic mass is 79.9. The molecule has 0 fully saturated rings. The van der Waals surface area contributed by atoms with Crippen molar-refractivity contribution in [3.8, 4) is 23.1 Å². The molecular weight excluding hydrogens is 600 g/mol. The maximum absolute atomic E-state index is 13.7. The fourth-order valence-corrected chi connectivity index (χ4v) is 4.82. The molecule has 0 unspecified atom stereocenters. The van der Waals surface area contributed by atoms with Gasteiger partial charge >= 0.3 is 0 Å². The fraction of sp³-hybridized carbons (Fsp3) is 0.0625. The van der Waals surface area contributed by atoms with Gasteiger partial charge in [0, 0.05) is 15.7 Å². The van der Waals surface area contributed by atoms with Gasteiger partial charge in [-0.05, 0) is 60.7 Å². The second-order valence-electron chi connectivity index (χ2n) is 9.18. The zero-order valence-corrected chi connectivity index (χ0v) is 23.9. The summed E-state index contributed by atoms with van der Waals surface area (Å²) >= 11 is 3.47. The Hall–Kier alpha value is -5.22. The van der Waals surface area contributed by atoms with Crippen LogP contribution in [-0.4, -0.2) is 35.5 Å². The van der Waals surface area contributed by atoms with Crippen LogP contribution >= 0.6 is 15.9 Å². The number of nitrogens with one attached hydrogen (secondary N) is 1. The third kappa shape index (κ3) is 5.52. The van der Waals surface area contributed by atoms with Gasteiger partial charge < -0.3 is 19.2 Å². The number of ether oxygens (including phenoxy) is 2. The number of hydrogen-bond donors (Lipinski definition) is 1. The van der Waals surface area contributed by atoms with Gasteiger partial charge in [-0.25, -0.2) is 4.98 Å². The van der Waals surface area contributed by atoms with Crippen molar-refractivity contribution in [1.29, 1.82) is 0 Å². The Bertz CT molecular complexity index is 2020. The van der Waals surface area contributed by atoms with Gasteiger partial charge in [0.25, 0.3) is 11.5 Å². The van der Waals surface area contributed by atoms with Crippen molar-refractivity contribution in [1.82, 2.24) is 9.66 Å². The van der Waals surface area contributed by atoms with Crippen molar-refractivity contribution >= 4 is 55.6 Å². The van der Waals surface area contributed by atoms with Crippen LogP contribution in [0.1, 0.15) is 5.56 Å². The molecule has 9 nitrogen and oxygen atoms in total. The van der Waals surface area contributed by atoms with Crippen LogP contribution < -0.4 is 20.3 Å². The number of carbonyl (C=O) groups is 1. The Morgan fingerprint density at radius 1 is 0.976 bits per heavy atom. The van der Waals surface area contributed by atoms with Crippen LogP contribution in [0.2, 0.25) is 0 Å². The number of nitrogens with zero attached hydrogens (tertiary/aromatic N) is 3.